The molecule has 1 aromatic rings. The Morgan fingerprint density at radius 3 is 3.10 bits per heavy atom. The topological polar surface area (TPSA) is 127 Å². The van der Waals surface area contributed by atoms with Crippen molar-refractivity contribution >= 4 is 23.7 Å². The van der Waals surface area contributed by atoms with Crippen LogP contribution in [-0.2, 0) is 9.59 Å². The third kappa shape index (κ3) is 2.78. The smallest absolute Gasteiger partial charge is 0.289 e. The molecule has 0 radical (unpaired) electrons. The van der Waals surface area contributed by atoms with Crippen molar-refractivity contribution in [2.45, 2.75) is 0 Å². The Morgan fingerprint density at radius 1 is 1.60 bits per heavy atom. The molecule has 0 bridgehead atoms. The number of nitriles is 1. The fourth-order valence-corrected chi connectivity index (χ4v) is 1.50. The minimum Gasteiger partial charge on any atom is -0.508 e. The maximum Gasteiger partial charge on any atom is 0.289 e. The SMILES string of the molecule is N#CC1C(=O)NN=C1C(=O)NN=Cc1cccc(O)c1. The van der Waals surface area contributed by atoms with Gasteiger partial charge in [0.05, 0.1) is 12.3 Å². The summed E-state index contributed by atoms with van der Waals surface area (Å²) in [6.07, 6.45) is 1.31. The largest absolute Gasteiger partial charge is 0.508 e. The lowest BCUT2D eigenvalue weighted by Gasteiger charge is -2.00. The highest BCUT2D eigenvalue weighted by Crippen LogP contribution is 2.09. The molecule has 20 heavy (non-hydrogen) atoms. The van der Waals surface area contributed by atoms with Crippen molar-refractivity contribution in [3.63, 3.8) is 0 Å². The lowest BCUT2D eigenvalue weighted by atomic mass is 10.1. The van der Waals surface area contributed by atoms with Gasteiger partial charge in [-0.3, -0.25) is 9.59 Å². The Balaban J connectivity index is 2.00. The lowest BCUT2D eigenvalue weighted by Crippen LogP contribution is -2.33. The van der Waals surface area contributed by atoms with Crippen LogP contribution < -0.4 is 10.9 Å². The van der Waals surface area contributed by atoms with Crippen molar-refractivity contribution in [1.29, 1.82) is 5.26 Å². The maximum atomic E-state index is 11.7. The summed E-state index contributed by atoms with van der Waals surface area (Å²) in [5, 5.41) is 25.1. The number of aromatic hydroxyl groups is 1. The molecule has 100 valence electrons. The van der Waals surface area contributed by atoms with Gasteiger partial charge in [0, 0.05) is 0 Å². The number of rotatable bonds is 3. The highest BCUT2D eigenvalue weighted by molar-refractivity contribution is 6.45. The van der Waals surface area contributed by atoms with Crippen molar-refractivity contribution in [2.24, 2.45) is 16.1 Å². The van der Waals surface area contributed by atoms with E-state index in [1.807, 2.05) is 5.43 Å². The van der Waals surface area contributed by atoms with Crippen LogP contribution in [0.2, 0.25) is 0 Å². The fraction of sp³-hybridized carbons (Fsp3) is 0.0833. The minimum atomic E-state index is -1.23. The average Bonchev–Trinajstić information content (AvgIpc) is 2.80. The predicted molar refractivity (Wildman–Crippen MR) is 68.5 cm³/mol. The number of hydrogen-bond acceptors (Lipinski definition) is 6. The van der Waals surface area contributed by atoms with Gasteiger partial charge in [0.1, 0.15) is 5.75 Å². The zero-order valence-corrected chi connectivity index (χ0v) is 10.1. The first-order valence-electron chi connectivity index (χ1n) is 5.51. The molecule has 2 amide bonds. The van der Waals surface area contributed by atoms with E-state index in [1.165, 1.54) is 18.3 Å². The highest BCUT2D eigenvalue weighted by Gasteiger charge is 2.34. The molecule has 0 saturated heterocycles. The van der Waals surface area contributed by atoms with Gasteiger partial charge in [0.2, 0.25) is 0 Å². The molecule has 1 aliphatic rings. The molecule has 0 aliphatic carbocycles. The van der Waals surface area contributed by atoms with Gasteiger partial charge in [-0.05, 0) is 17.7 Å². The number of carbonyl (C=O) groups is 2. The standard InChI is InChI=1S/C12H9N5O3/c13-5-9-10(15-17-11(9)19)12(20)16-14-6-7-2-1-3-8(18)4-7/h1-4,6,9,18H,(H,16,20)(H,17,19). The zero-order chi connectivity index (χ0) is 14.5. The van der Waals surface area contributed by atoms with E-state index in [1.54, 1.807) is 18.2 Å². The maximum absolute atomic E-state index is 11.7. The summed E-state index contributed by atoms with van der Waals surface area (Å²) in [7, 11) is 0. The number of carbonyl (C=O) groups excluding carboxylic acids is 2. The van der Waals surface area contributed by atoms with Gasteiger partial charge in [0.15, 0.2) is 11.6 Å². The molecule has 3 N–H and O–H groups in total. The Labute approximate surface area is 113 Å². The number of nitrogens with one attached hydrogen (secondary N) is 2. The van der Waals surface area contributed by atoms with E-state index in [9.17, 15) is 14.7 Å². The number of hydrogen-bond donors (Lipinski definition) is 3. The van der Waals surface area contributed by atoms with E-state index in [2.05, 4.69) is 15.6 Å². The fourth-order valence-electron chi connectivity index (χ4n) is 1.50. The summed E-state index contributed by atoms with van der Waals surface area (Å²) in [5.74, 6) is -2.55. The summed E-state index contributed by atoms with van der Waals surface area (Å²) in [5.41, 5.74) is 4.54. The van der Waals surface area contributed by atoms with Crippen LogP contribution in [0.5, 0.6) is 5.75 Å². The quantitative estimate of drug-likeness (QED) is 0.504. The number of phenols is 1. The minimum absolute atomic E-state index is 0.0692. The molecule has 1 heterocycles. The van der Waals surface area contributed by atoms with Gasteiger partial charge in [0.25, 0.3) is 11.8 Å². The first kappa shape index (κ1) is 13.2. The van der Waals surface area contributed by atoms with Crippen LogP contribution in [0.4, 0.5) is 0 Å². The molecule has 0 saturated carbocycles. The molecule has 1 atom stereocenters. The normalized spacial score (nSPS) is 17.4. The van der Waals surface area contributed by atoms with Crippen molar-refractivity contribution in [3.05, 3.63) is 29.8 Å². The number of benzene rings is 1. The summed E-state index contributed by atoms with van der Waals surface area (Å²) < 4.78 is 0. The van der Waals surface area contributed by atoms with E-state index in [-0.39, 0.29) is 11.5 Å². The molecule has 2 rings (SSSR count). The molecule has 8 heteroatoms. The molecule has 1 unspecified atom stereocenters. The van der Waals surface area contributed by atoms with E-state index in [4.69, 9.17) is 5.26 Å². The molecular formula is C12H9N5O3. The first-order chi connectivity index (χ1) is 9.61. The Morgan fingerprint density at radius 2 is 2.40 bits per heavy atom. The lowest BCUT2D eigenvalue weighted by molar-refractivity contribution is -0.121. The second-order valence-electron chi connectivity index (χ2n) is 3.83. The molecule has 0 fully saturated rings. The number of hydrazone groups is 2. The Kier molecular flexibility index (Phi) is 3.72. The molecular weight excluding hydrogens is 262 g/mol. The number of nitrogens with zero attached hydrogens (tertiary/aromatic N) is 3. The van der Waals surface area contributed by atoms with Gasteiger partial charge >= 0.3 is 0 Å². The third-order valence-corrected chi connectivity index (χ3v) is 2.43. The predicted octanol–water partition coefficient (Wildman–Crippen LogP) is -0.532. The van der Waals surface area contributed by atoms with Gasteiger partial charge in [-0.25, -0.2) is 10.9 Å². The van der Waals surface area contributed by atoms with Crippen LogP contribution in [0, 0.1) is 17.2 Å². The van der Waals surface area contributed by atoms with Crippen LogP contribution in [0.25, 0.3) is 0 Å². The van der Waals surface area contributed by atoms with Crippen LogP contribution in [0.1, 0.15) is 5.56 Å². The molecule has 1 aliphatic heterocycles. The van der Waals surface area contributed by atoms with Crippen molar-refractivity contribution < 1.29 is 14.7 Å². The van der Waals surface area contributed by atoms with Crippen LogP contribution in [0.3, 0.4) is 0 Å². The zero-order valence-electron chi connectivity index (χ0n) is 10.1. The molecule has 1 aromatic carbocycles. The van der Waals surface area contributed by atoms with E-state index >= 15 is 0 Å². The second-order valence-corrected chi connectivity index (χ2v) is 3.83. The van der Waals surface area contributed by atoms with E-state index in [0.717, 1.165) is 0 Å². The number of phenolic OH excluding ortho intramolecular Hbond substituents is 1. The van der Waals surface area contributed by atoms with Gasteiger partial charge in [-0.15, -0.1) is 0 Å². The molecule has 0 spiro atoms. The average molecular weight is 271 g/mol. The van der Waals surface area contributed by atoms with Crippen LogP contribution in [0.15, 0.2) is 34.5 Å². The van der Waals surface area contributed by atoms with E-state index in [0.29, 0.717) is 5.56 Å². The molecule has 8 nitrogen and oxygen atoms in total. The Bertz CT molecular complexity index is 659. The van der Waals surface area contributed by atoms with Gasteiger partial charge < -0.3 is 5.11 Å². The summed E-state index contributed by atoms with van der Waals surface area (Å²) >= 11 is 0. The highest BCUT2D eigenvalue weighted by atomic mass is 16.3. The molecule has 0 aromatic heterocycles. The third-order valence-electron chi connectivity index (χ3n) is 2.43. The van der Waals surface area contributed by atoms with Gasteiger partial charge in [-0.1, -0.05) is 12.1 Å². The van der Waals surface area contributed by atoms with Crippen LogP contribution >= 0.6 is 0 Å². The van der Waals surface area contributed by atoms with Crippen molar-refractivity contribution in [1.82, 2.24) is 10.9 Å². The van der Waals surface area contributed by atoms with E-state index < -0.39 is 17.7 Å². The monoisotopic (exact) mass is 271 g/mol. The Hall–Kier alpha value is -3.21. The van der Waals surface area contributed by atoms with Crippen molar-refractivity contribution in [3.8, 4) is 11.8 Å². The summed E-state index contributed by atoms with van der Waals surface area (Å²) in [4.78, 5) is 22.8. The number of amides is 2. The summed E-state index contributed by atoms with van der Waals surface area (Å²) in [6, 6.07) is 7.91. The summed E-state index contributed by atoms with van der Waals surface area (Å²) in [6.45, 7) is 0. The first-order valence-corrected chi connectivity index (χ1v) is 5.51. The second kappa shape index (κ2) is 5.62. The van der Waals surface area contributed by atoms with Crippen molar-refractivity contribution in [2.75, 3.05) is 0 Å². The van der Waals surface area contributed by atoms with Gasteiger partial charge in [-0.2, -0.15) is 15.5 Å². The van der Waals surface area contributed by atoms with Crippen LogP contribution in [-0.4, -0.2) is 28.8 Å².